The Balaban J connectivity index is 5.48. The third-order valence-corrected chi connectivity index (χ3v) is 6.03. The van der Waals surface area contributed by atoms with Crippen LogP contribution in [0.2, 0.25) is 0 Å². The zero-order valence-corrected chi connectivity index (χ0v) is 21.7. The maximum absolute atomic E-state index is 13.0. The number of hydrogen-bond acceptors (Lipinski definition) is 9. The van der Waals surface area contributed by atoms with Gasteiger partial charge in [-0.3, -0.25) is 19.2 Å². The number of hydrogen-bond donors (Lipinski definition) is 8. The monoisotopic (exact) mass is 534 g/mol. The van der Waals surface area contributed by atoms with Gasteiger partial charge in [-0.1, -0.05) is 6.42 Å². The molecule has 0 heterocycles. The molecule has 0 bridgehead atoms. The number of carboxylic acids is 2. The minimum atomic E-state index is -1.31. The lowest BCUT2D eigenvalue weighted by atomic mass is 10.0. The molecule has 0 saturated heterocycles. The van der Waals surface area contributed by atoms with Gasteiger partial charge in [0.1, 0.15) is 18.1 Å². The first-order valence-electron chi connectivity index (χ1n) is 12.1. The first-order valence-corrected chi connectivity index (χ1v) is 13.5. The van der Waals surface area contributed by atoms with Crippen LogP contribution in [0.25, 0.3) is 0 Å². The van der Waals surface area contributed by atoms with Crippen molar-refractivity contribution < 1.29 is 34.2 Å². The van der Waals surface area contributed by atoms with Gasteiger partial charge in [-0.15, -0.1) is 0 Å². The second-order valence-electron chi connectivity index (χ2n) is 8.41. The van der Waals surface area contributed by atoms with Crippen LogP contribution in [-0.2, 0) is 24.0 Å². The number of unbranched alkanes of at least 4 members (excludes halogenated alkanes) is 2. The van der Waals surface area contributed by atoms with Crippen LogP contribution in [0.5, 0.6) is 0 Å². The summed E-state index contributed by atoms with van der Waals surface area (Å²) in [6.07, 6.45) is 4.33. The van der Waals surface area contributed by atoms with Gasteiger partial charge in [-0.2, -0.15) is 11.8 Å². The highest BCUT2D eigenvalue weighted by molar-refractivity contribution is 7.98. The Morgan fingerprint density at radius 2 is 1.22 bits per heavy atom. The summed E-state index contributed by atoms with van der Waals surface area (Å²) in [7, 11) is 0. The minimum absolute atomic E-state index is 0.154. The van der Waals surface area contributed by atoms with Crippen LogP contribution >= 0.6 is 11.8 Å². The van der Waals surface area contributed by atoms with Crippen LogP contribution in [0.15, 0.2) is 0 Å². The summed E-state index contributed by atoms with van der Waals surface area (Å²) in [5.41, 5.74) is 16.9. The molecule has 11 N–H and O–H groups in total. The number of aliphatic carboxylic acids is 2. The zero-order valence-electron chi connectivity index (χ0n) is 20.9. The standard InChI is InChI=1S/C22H42N6O7S/c1-36-13-10-17(22(34)35)28-21(33)16(8-9-18(29)30)27-20(32)15(7-3-5-12-24)26-19(31)14(25)6-2-4-11-23/h14-17H,2-13,23-25H2,1H3,(H,26,31)(H,27,32)(H,28,33)(H,29,30)(H,34,35). The molecule has 0 aromatic carbocycles. The van der Waals surface area contributed by atoms with Crippen molar-refractivity contribution in [1.29, 1.82) is 0 Å². The Morgan fingerprint density at radius 3 is 1.72 bits per heavy atom. The molecule has 0 radical (unpaired) electrons. The van der Waals surface area contributed by atoms with E-state index in [1.165, 1.54) is 11.8 Å². The van der Waals surface area contributed by atoms with E-state index in [9.17, 15) is 29.1 Å². The minimum Gasteiger partial charge on any atom is -0.481 e. The fourth-order valence-corrected chi connectivity index (χ4v) is 3.73. The second kappa shape index (κ2) is 19.7. The predicted molar refractivity (Wildman–Crippen MR) is 137 cm³/mol. The van der Waals surface area contributed by atoms with Gasteiger partial charge in [-0.05, 0) is 70.0 Å². The van der Waals surface area contributed by atoms with E-state index in [1.807, 2.05) is 0 Å². The van der Waals surface area contributed by atoms with Crippen molar-refractivity contribution in [3.05, 3.63) is 0 Å². The van der Waals surface area contributed by atoms with Gasteiger partial charge in [0, 0.05) is 6.42 Å². The first kappa shape index (κ1) is 33.6. The average molecular weight is 535 g/mol. The normalized spacial score (nSPS) is 14.2. The van der Waals surface area contributed by atoms with E-state index in [2.05, 4.69) is 16.0 Å². The number of carbonyl (C=O) groups excluding carboxylic acids is 3. The molecule has 0 aliphatic rings. The lowest BCUT2D eigenvalue weighted by Gasteiger charge is -2.25. The predicted octanol–water partition coefficient (Wildman–Crippen LogP) is -1.27. The molecule has 4 atom stereocenters. The number of amides is 3. The topological polar surface area (TPSA) is 240 Å². The van der Waals surface area contributed by atoms with Crippen LogP contribution < -0.4 is 33.2 Å². The Kier molecular flexibility index (Phi) is 18.4. The summed E-state index contributed by atoms with van der Waals surface area (Å²) in [5, 5.41) is 25.9. The molecular weight excluding hydrogens is 492 g/mol. The maximum atomic E-state index is 13.0. The number of rotatable bonds is 21. The number of thioether (sulfide) groups is 1. The summed E-state index contributed by atoms with van der Waals surface area (Å²) in [4.78, 5) is 61.0. The van der Waals surface area contributed by atoms with Gasteiger partial charge in [0.25, 0.3) is 0 Å². The van der Waals surface area contributed by atoms with E-state index in [1.54, 1.807) is 6.26 Å². The third kappa shape index (κ3) is 14.9. The van der Waals surface area contributed by atoms with Crippen molar-refractivity contribution in [3.8, 4) is 0 Å². The molecule has 0 aliphatic carbocycles. The summed E-state index contributed by atoms with van der Waals surface area (Å²) in [5.74, 6) is -4.00. The van der Waals surface area contributed by atoms with Gasteiger partial charge < -0.3 is 43.4 Å². The van der Waals surface area contributed by atoms with E-state index < -0.39 is 60.2 Å². The van der Waals surface area contributed by atoms with Crippen LogP contribution in [0.1, 0.15) is 57.8 Å². The highest BCUT2D eigenvalue weighted by atomic mass is 32.2. The van der Waals surface area contributed by atoms with Gasteiger partial charge in [0.05, 0.1) is 6.04 Å². The Hall–Kier alpha value is -2.42. The third-order valence-electron chi connectivity index (χ3n) is 5.39. The molecule has 0 spiro atoms. The molecule has 14 heteroatoms. The van der Waals surface area contributed by atoms with E-state index in [0.29, 0.717) is 50.9 Å². The number of carbonyl (C=O) groups is 5. The number of carboxylic acid groups (broad SMARTS) is 2. The van der Waals surface area contributed by atoms with Gasteiger partial charge in [0.2, 0.25) is 17.7 Å². The molecule has 13 nitrogen and oxygen atoms in total. The van der Waals surface area contributed by atoms with E-state index in [4.69, 9.17) is 22.3 Å². The van der Waals surface area contributed by atoms with Crippen molar-refractivity contribution >= 4 is 41.4 Å². The van der Waals surface area contributed by atoms with Crippen molar-refractivity contribution in [2.45, 2.75) is 82.0 Å². The molecule has 0 aromatic rings. The molecule has 0 aliphatic heterocycles. The van der Waals surface area contributed by atoms with Gasteiger partial charge in [-0.25, -0.2) is 4.79 Å². The number of nitrogens with one attached hydrogen (secondary N) is 3. The summed E-state index contributed by atoms with van der Waals surface area (Å²) < 4.78 is 0. The van der Waals surface area contributed by atoms with Crippen molar-refractivity contribution in [1.82, 2.24) is 16.0 Å². The molecule has 0 saturated carbocycles. The fourth-order valence-electron chi connectivity index (χ4n) is 3.25. The highest BCUT2D eigenvalue weighted by Crippen LogP contribution is 2.07. The van der Waals surface area contributed by atoms with Crippen molar-refractivity contribution in [2.24, 2.45) is 17.2 Å². The van der Waals surface area contributed by atoms with Gasteiger partial charge >= 0.3 is 11.9 Å². The zero-order chi connectivity index (χ0) is 27.5. The van der Waals surface area contributed by atoms with Crippen LogP contribution in [0.3, 0.4) is 0 Å². The molecule has 0 fully saturated rings. The second-order valence-corrected chi connectivity index (χ2v) is 9.40. The van der Waals surface area contributed by atoms with Crippen molar-refractivity contribution in [2.75, 3.05) is 25.1 Å². The first-order chi connectivity index (χ1) is 17.1. The lowest BCUT2D eigenvalue weighted by Crippen LogP contribution is -2.57. The van der Waals surface area contributed by atoms with E-state index in [-0.39, 0.29) is 19.3 Å². The van der Waals surface area contributed by atoms with Crippen molar-refractivity contribution in [3.63, 3.8) is 0 Å². The molecule has 208 valence electrons. The fraction of sp³-hybridized carbons (Fsp3) is 0.773. The Bertz CT molecular complexity index is 712. The summed E-state index contributed by atoms with van der Waals surface area (Å²) in [6.45, 7) is 0.857. The lowest BCUT2D eigenvalue weighted by molar-refractivity contribution is -0.143. The van der Waals surface area contributed by atoms with Gasteiger partial charge in [0.15, 0.2) is 0 Å². The molecule has 3 amide bonds. The smallest absolute Gasteiger partial charge is 0.326 e. The van der Waals surface area contributed by atoms with Crippen LogP contribution in [-0.4, -0.2) is 89.1 Å². The molecule has 36 heavy (non-hydrogen) atoms. The maximum Gasteiger partial charge on any atom is 0.326 e. The van der Waals surface area contributed by atoms with Crippen LogP contribution in [0, 0.1) is 0 Å². The summed E-state index contributed by atoms with van der Waals surface area (Å²) >= 11 is 1.41. The largest absolute Gasteiger partial charge is 0.481 e. The summed E-state index contributed by atoms with van der Waals surface area (Å²) in [6, 6.07) is -4.38. The molecule has 4 unspecified atom stereocenters. The Labute approximate surface area is 216 Å². The highest BCUT2D eigenvalue weighted by Gasteiger charge is 2.30. The Morgan fingerprint density at radius 1 is 0.722 bits per heavy atom. The van der Waals surface area contributed by atoms with E-state index in [0.717, 1.165) is 0 Å². The molecular formula is C22H42N6O7S. The molecule has 0 aromatic heterocycles. The van der Waals surface area contributed by atoms with E-state index >= 15 is 0 Å². The molecule has 0 rings (SSSR count). The quantitative estimate of drug-likeness (QED) is 0.0807. The van der Waals surface area contributed by atoms with Crippen LogP contribution in [0.4, 0.5) is 0 Å². The number of nitrogens with two attached hydrogens (primary N) is 3. The average Bonchev–Trinajstić information content (AvgIpc) is 2.82. The SMILES string of the molecule is CSCCC(NC(=O)C(CCC(=O)O)NC(=O)C(CCCCN)NC(=O)C(N)CCCCN)C(=O)O.